The van der Waals surface area contributed by atoms with Crippen molar-refractivity contribution in [2.45, 2.75) is 25.7 Å². The number of carbonyl (C=O) groups excluding carboxylic acids is 2. The molecule has 1 aliphatic carbocycles. The maximum atomic E-state index is 12.1. The summed E-state index contributed by atoms with van der Waals surface area (Å²) in [6.45, 7) is 0.605. The van der Waals surface area contributed by atoms with Crippen molar-refractivity contribution in [3.05, 3.63) is 65.0 Å². The molecule has 0 saturated carbocycles. The van der Waals surface area contributed by atoms with E-state index in [-0.39, 0.29) is 17.3 Å². The Labute approximate surface area is 141 Å². The highest BCUT2D eigenvalue weighted by molar-refractivity contribution is 5.95. The summed E-state index contributed by atoms with van der Waals surface area (Å²) in [5.41, 5.74) is 8.39. The molecule has 1 aromatic carbocycles. The fraction of sp³-hybridized carbons (Fsp3) is 0.316. The number of nitrogens with two attached hydrogens (primary N) is 1. The molecule has 24 heavy (non-hydrogen) atoms. The third-order valence-electron chi connectivity index (χ3n) is 4.52. The van der Waals surface area contributed by atoms with Gasteiger partial charge in [-0.05, 0) is 54.9 Å². The zero-order valence-corrected chi connectivity index (χ0v) is 13.5. The van der Waals surface area contributed by atoms with Gasteiger partial charge in [-0.2, -0.15) is 0 Å². The van der Waals surface area contributed by atoms with Crippen LogP contribution >= 0.6 is 0 Å². The second-order valence-corrected chi connectivity index (χ2v) is 6.19. The lowest BCUT2D eigenvalue weighted by Crippen LogP contribution is -2.28. The molecule has 1 unspecified atom stereocenters. The summed E-state index contributed by atoms with van der Waals surface area (Å²) in [6.07, 6.45) is 4.27. The Hall–Kier alpha value is -2.69. The molecule has 0 fully saturated rings. The van der Waals surface area contributed by atoms with E-state index in [2.05, 4.69) is 34.6 Å². The molecule has 0 aliphatic heterocycles. The number of primary amides is 1. The second kappa shape index (κ2) is 7.25. The second-order valence-electron chi connectivity index (χ2n) is 6.19. The summed E-state index contributed by atoms with van der Waals surface area (Å²) < 4.78 is 0. The molecule has 0 saturated heterocycles. The van der Waals surface area contributed by atoms with E-state index in [4.69, 9.17) is 5.73 Å². The molecule has 5 heteroatoms. The van der Waals surface area contributed by atoms with Crippen LogP contribution in [0.5, 0.6) is 0 Å². The third kappa shape index (κ3) is 3.79. The number of carbonyl (C=O) groups is 2. The van der Waals surface area contributed by atoms with Crippen molar-refractivity contribution < 1.29 is 9.59 Å². The van der Waals surface area contributed by atoms with Gasteiger partial charge in [-0.1, -0.05) is 30.3 Å². The minimum absolute atomic E-state index is 0.103. The van der Waals surface area contributed by atoms with Gasteiger partial charge in [0.05, 0.1) is 0 Å². The molecule has 0 spiro atoms. The van der Waals surface area contributed by atoms with Crippen LogP contribution < -0.4 is 11.1 Å². The van der Waals surface area contributed by atoms with E-state index in [9.17, 15) is 9.59 Å². The predicted molar refractivity (Wildman–Crippen MR) is 91.7 cm³/mol. The molecule has 0 bridgehead atoms. The third-order valence-corrected chi connectivity index (χ3v) is 4.52. The summed E-state index contributed by atoms with van der Waals surface area (Å²) in [7, 11) is 0. The Morgan fingerprint density at radius 3 is 2.62 bits per heavy atom. The van der Waals surface area contributed by atoms with Gasteiger partial charge >= 0.3 is 0 Å². The Morgan fingerprint density at radius 2 is 1.83 bits per heavy atom. The number of nitrogens with one attached hydrogen (secondary N) is 1. The van der Waals surface area contributed by atoms with Crippen LogP contribution in [0.4, 0.5) is 0 Å². The van der Waals surface area contributed by atoms with E-state index in [0.717, 1.165) is 25.7 Å². The highest BCUT2D eigenvalue weighted by Gasteiger charge is 2.18. The number of amides is 2. The minimum Gasteiger partial charge on any atom is -0.364 e. The normalized spacial score (nSPS) is 16.2. The summed E-state index contributed by atoms with van der Waals surface area (Å²) >= 11 is 0. The Kier molecular flexibility index (Phi) is 4.89. The lowest BCUT2D eigenvalue weighted by Gasteiger charge is -2.24. The number of hydrogen-bond donors (Lipinski definition) is 2. The van der Waals surface area contributed by atoms with Crippen LogP contribution in [-0.4, -0.2) is 23.3 Å². The van der Waals surface area contributed by atoms with E-state index in [0.29, 0.717) is 12.5 Å². The lowest BCUT2D eigenvalue weighted by molar-refractivity contribution is 0.0945. The Balaban J connectivity index is 1.51. The summed E-state index contributed by atoms with van der Waals surface area (Å²) in [5, 5.41) is 2.88. The predicted octanol–water partition coefficient (Wildman–Crippen LogP) is 2.11. The average molecular weight is 323 g/mol. The van der Waals surface area contributed by atoms with Crippen LogP contribution in [0.1, 0.15) is 44.9 Å². The van der Waals surface area contributed by atoms with Gasteiger partial charge in [0.2, 0.25) is 0 Å². The topological polar surface area (TPSA) is 85.1 Å². The highest BCUT2D eigenvalue weighted by atomic mass is 16.2. The molecule has 1 atom stereocenters. The number of nitrogens with zero attached hydrogens (tertiary/aromatic N) is 1. The molecule has 1 aromatic heterocycles. The van der Waals surface area contributed by atoms with Crippen molar-refractivity contribution in [2.75, 3.05) is 6.54 Å². The number of aryl methyl sites for hydroxylation is 1. The zero-order chi connectivity index (χ0) is 16.9. The number of pyridine rings is 1. The van der Waals surface area contributed by atoms with Crippen LogP contribution in [0.15, 0.2) is 42.5 Å². The van der Waals surface area contributed by atoms with E-state index in [1.54, 1.807) is 12.1 Å². The standard InChI is InChI=1S/C19H21N3O2/c20-18(23)16-6-3-7-17(22-16)19(24)21-11-10-13-8-9-14-4-1-2-5-15(14)12-13/h1-7,13H,8-12H2,(H2,20,23)(H,21,24). The zero-order valence-electron chi connectivity index (χ0n) is 13.5. The molecule has 1 heterocycles. The first-order valence-electron chi connectivity index (χ1n) is 8.25. The van der Waals surface area contributed by atoms with Crippen molar-refractivity contribution in [3.63, 3.8) is 0 Å². The lowest BCUT2D eigenvalue weighted by atomic mass is 9.82. The number of hydrogen-bond acceptors (Lipinski definition) is 3. The van der Waals surface area contributed by atoms with Gasteiger partial charge in [0, 0.05) is 6.54 Å². The highest BCUT2D eigenvalue weighted by Crippen LogP contribution is 2.27. The molecule has 1 aliphatic rings. The molecule has 2 amide bonds. The smallest absolute Gasteiger partial charge is 0.269 e. The van der Waals surface area contributed by atoms with Crippen molar-refractivity contribution in [2.24, 2.45) is 11.7 Å². The monoisotopic (exact) mass is 323 g/mol. The molecule has 3 rings (SSSR count). The van der Waals surface area contributed by atoms with Gasteiger partial charge in [0.15, 0.2) is 0 Å². The van der Waals surface area contributed by atoms with E-state index < -0.39 is 5.91 Å². The molecule has 5 nitrogen and oxygen atoms in total. The minimum atomic E-state index is -0.634. The average Bonchev–Trinajstić information content (AvgIpc) is 2.61. The van der Waals surface area contributed by atoms with Gasteiger partial charge in [-0.25, -0.2) is 4.98 Å². The summed E-state index contributed by atoms with van der Waals surface area (Å²) in [4.78, 5) is 27.2. The quantitative estimate of drug-likeness (QED) is 0.883. The van der Waals surface area contributed by atoms with E-state index in [1.165, 1.54) is 17.2 Å². The molecule has 2 aromatic rings. The van der Waals surface area contributed by atoms with Crippen LogP contribution in [0.2, 0.25) is 0 Å². The van der Waals surface area contributed by atoms with Gasteiger partial charge in [0.1, 0.15) is 11.4 Å². The Bertz CT molecular complexity index is 758. The first kappa shape index (κ1) is 16.2. The largest absolute Gasteiger partial charge is 0.364 e. The number of rotatable bonds is 5. The Morgan fingerprint density at radius 1 is 1.08 bits per heavy atom. The molecular weight excluding hydrogens is 302 g/mol. The number of fused-ring (bicyclic) bond motifs is 1. The molecule has 3 N–H and O–H groups in total. The van der Waals surface area contributed by atoms with Crippen molar-refractivity contribution >= 4 is 11.8 Å². The van der Waals surface area contributed by atoms with Gasteiger partial charge in [0.25, 0.3) is 11.8 Å². The summed E-state index contributed by atoms with van der Waals surface area (Å²) in [5.74, 6) is -0.315. The van der Waals surface area contributed by atoms with Crippen LogP contribution in [0.25, 0.3) is 0 Å². The molecule has 124 valence electrons. The van der Waals surface area contributed by atoms with Crippen LogP contribution in [0.3, 0.4) is 0 Å². The van der Waals surface area contributed by atoms with Crippen molar-refractivity contribution in [1.29, 1.82) is 0 Å². The number of benzene rings is 1. The maximum Gasteiger partial charge on any atom is 0.269 e. The van der Waals surface area contributed by atoms with Gasteiger partial charge < -0.3 is 11.1 Å². The fourth-order valence-electron chi connectivity index (χ4n) is 3.20. The van der Waals surface area contributed by atoms with Gasteiger partial charge in [-0.15, -0.1) is 0 Å². The fourth-order valence-corrected chi connectivity index (χ4v) is 3.20. The first-order valence-corrected chi connectivity index (χ1v) is 8.25. The maximum absolute atomic E-state index is 12.1. The van der Waals surface area contributed by atoms with Crippen molar-refractivity contribution in [1.82, 2.24) is 10.3 Å². The van der Waals surface area contributed by atoms with E-state index in [1.807, 2.05) is 0 Å². The number of aromatic nitrogens is 1. The molecule has 0 radical (unpaired) electrons. The van der Waals surface area contributed by atoms with Crippen LogP contribution in [0, 0.1) is 5.92 Å². The first-order chi connectivity index (χ1) is 11.6. The van der Waals surface area contributed by atoms with Crippen molar-refractivity contribution in [3.8, 4) is 0 Å². The SMILES string of the molecule is NC(=O)c1cccc(C(=O)NCCC2CCc3ccccc3C2)n1. The van der Waals surface area contributed by atoms with E-state index >= 15 is 0 Å². The van der Waals surface area contributed by atoms with Crippen LogP contribution in [-0.2, 0) is 12.8 Å². The summed E-state index contributed by atoms with van der Waals surface area (Å²) in [6, 6.07) is 13.3. The van der Waals surface area contributed by atoms with Gasteiger partial charge in [-0.3, -0.25) is 9.59 Å². The molecular formula is C19H21N3O2.